The van der Waals surface area contributed by atoms with Crippen molar-refractivity contribution in [3.63, 3.8) is 0 Å². The molecule has 1 aliphatic heterocycles. The average Bonchev–Trinajstić information content (AvgIpc) is 2.73. The molecule has 0 radical (unpaired) electrons. The van der Waals surface area contributed by atoms with Crippen LogP contribution in [0.15, 0.2) is 54.6 Å². The molecule has 3 rings (SSSR count). The Labute approximate surface area is 165 Å². The monoisotopic (exact) mass is 382 g/mol. The lowest BCUT2D eigenvalue weighted by atomic mass is 10.00. The van der Waals surface area contributed by atoms with Crippen LogP contribution in [-0.2, 0) is 27.3 Å². The van der Waals surface area contributed by atoms with E-state index in [-0.39, 0.29) is 18.4 Å². The van der Waals surface area contributed by atoms with E-state index in [0.29, 0.717) is 26.1 Å². The molecule has 0 aliphatic carbocycles. The highest BCUT2D eigenvalue weighted by Gasteiger charge is 2.39. The third-order valence-electron chi connectivity index (χ3n) is 4.94. The zero-order valence-electron chi connectivity index (χ0n) is 16.3. The summed E-state index contributed by atoms with van der Waals surface area (Å²) in [7, 11) is 3.20. The van der Waals surface area contributed by atoms with Gasteiger partial charge in [0.15, 0.2) is 0 Å². The van der Waals surface area contributed by atoms with Crippen LogP contribution in [0.4, 0.5) is 0 Å². The van der Waals surface area contributed by atoms with Gasteiger partial charge < -0.3 is 19.3 Å². The second-order valence-corrected chi connectivity index (χ2v) is 6.83. The molecule has 0 aromatic heterocycles. The number of hydrogen-bond donors (Lipinski definition) is 0. The largest absolute Gasteiger partial charge is 0.497 e. The highest BCUT2D eigenvalue weighted by molar-refractivity contribution is 5.95. The van der Waals surface area contributed by atoms with Gasteiger partial charge in [-0.05, 0) is 23.3 Å². The van der Waals surface area contributed by atoms with E-state index in [1.54, 1.807) is 24.0 Å². The fourth-order valence-electron chi connectivity index (χ4n) is 3.44. The molecule has 0 saturated carbocycles. The van der Waals surface area contributed by atoms with Gasteiger partial charge in [-0.25, -0.2) is 0 Å². The maximum Gasteiger partial charge on any atom is 0.246 e. The first kappa shape index (κ1) is 19.9. The first-order valence-electron chi connectivity index (χ1n) is 9.36. The molecule has 0 N–H and O–H groups in total. The Kier molecular flexibility index (Phi) is 6.66. The maximum atomic E-state index is 13.2. The van der Waals surface area contributed by atoms with E-state index in [9.17, 15) is 9.59 Å². The molecule has 1 atom stereocenters. The Bertz CT molecular complexity index is 809. The fraction of sp³-hybridized carbons (Fsp3) is 0.364. The number of carbonyl (C=O) groups excluding carboxylic acids is 2. The summed E-state index contributed by atoms with van der Waals surface area (Å²) in [6, 6.07) is 16.8. The van der Waals surface area contributed by atoms with Crippen LogP contribution in [0.1, 0.15) is 11.1 Å². The van der Waals surface area contributed by atoms with Gasteiger partial charge in [-0.3, -0.25) is 9.59 Å². The smallest absolute Gasteiger partial charge is 0.246 e. The topological polar surface area (TPSA) is 59.1 Å². The number of rotatable bonds is 8. The minimum Gasteiger partial charge on any atom is -0.497 e. The van der Waals surface area contributed by atoms with Crippen LogP contribution in [0.3, 0.4) is 0 Å². The van der Waals surface area contributed by atoms with Crippen LogP contribution in [0.2, 0.25) is 0 Å². The van der Waals surface area contributed by atoms with E-state index in [0.717, 1.165) is 16.9 Å². The minimum absolute atomic E-state index is 0.0385. The SMILES string of the molecule is COCCN1CC(=O)N(Cc2cccc(OC)c2)[C@H](Cc2ccccc2)C1=O. The molecule has 6 nitrogen and oxygen atoms in total. The summed E-state index contributed by atoms with van der Waals surface area (Å²) in [6.07, 6.45) is 0.485. The Balaban J connectivity index is 1.85. The minimum atomic E-state index is -0.535. The van der Waals surface area contributed by atoms with Crippen molar-refractivity contribution in [1.82, 2.24) is 9.80 Å². The van der Waals surface area contributed by atoms with Crippen LogP contribution in [0.5, 0.6) is 5.75 Å². The first-order chi connectivity index (χ1) is 13.6. The van der Waals surface area contributed by atoms with Crippen LogP contribution in [0.25, 0.3) is 0 Å². The van der Waals surface area contributed by atoms with Crippen molar-refractivity contribution in [1.29, 1.82) is 0 Å². The molecular formula is C22H26N2O4. The van der Waals surface area contributed by atoms with Crippen LogP contribution >= 0.6 is 0 Å². The van der Waals surface area contributed by atoms with E-state index in [2.05, 4.69) is 0 Å². The van der Waals surface area contributed by atoms with Gasteiger partial charge in [-0.15, -0.1) is 0 Å². The number of nitrogens with zero attached hydrogens (tertiary/aromatic N) is 2. The summed E-state index contributed by atoms with van der Waals surface area (Å²) in [5.74, 6) is 0.637. The summed E-state index contributed by atoms with van der Waals surface area (Å²) in [5, 5.41) is 0. The predicted molar refractivity (Wildman–Crippen MR) is 106 cm³/mol. The van der Waals surface area contributed by atoms with Crippen LogP contribution in [-0.4, -0.2) is 61.6 Å². The van der Waals surface area contributed by atoms with Gasteiger partial charge in [0.1, 0.15) is 11.8 Å². The first-order valence-corrected chi connectivity index (χ1v) is 9.36. The van der Waals surface area contributed by atoms with Crippen molar-refractivity contribution in [2.75, 3.05) is 33.9 Å². The number of piperazine rings is 1. The fourth-order valence-corrected chi connectivity index (χ4v) is 3.44. The summed E-state index contributed by atoms with van der Waals surface area (Å²) in [6.45, 7) is 1.28. The summed E-state index contributed by atoms with van der Waals surface area (Å²) < 4.78 is 10.4. The van der Waals surface area contributed by atoms with Crippen LogP contribution in [0, 0.1) is 0 Å². The average molecular weight is 382 g/mol. The lowest BCUT2D eigenvalue weighted by Gasteiger charge is -2.40. The summed E-state index contributed by atoms with van der Waals surface area (Å²) >= 11 is 0. The Morgan fingerprint density at radius 2 is 1.75 bits per heavy atom. The number of amides is 2. The normalized spacial score (nSPS) is 17.1. The molecule has 0 spiro atoms. The molecule has 1 saturated heterocycles. The third-order valence-corrected chi connectivity index (χ3v) is 4.94. The van der Waals surface area contributed by atoms with Crippen LogP contribution < -0.4 is 4.74 Å². The second-order valence-electron chi connectivity index (χ2n) is 6.83. The third kappa shape index (κ3) is 4.70. The molecule has 0 bridgehead atoms. The van der Waals surface area contributed by atoms with E-state index in [1.807, 2.05) is 54.6 Å². The molecule has 2 amide bonds. The van der Waals surface area contributed by atoms with Crippen molar-refractivity contribution >= 4 is 11.8 Å². The Hall–Kier alpha value is -2.86. The number of carbonyl (C=O) groups is 2. The second kappa shape index (κ2) is 9.37. The summed E-state index contributed by atoms with van der Waals surface area (Å²) in [5.41, 5.74) is 1.96. The van der Waals surface area contributed by atoms with Crippen molar-refractivity contribution < 1.29 is 19.1 Å². The highest BCUT2D eigenvalue weighted by Crippen LogP contribution is 2.22. The standard InChI is InChI=1S/C22H26N2O4/c1-27-12-11-23-16-21(25)24(15-18-9-6-10-19(13-18)28-2)20(22(23)26)14-17-7-4-3-5-8-17/h3-10,13,20H,11-12,14-16H2,1-2H3/t20-/m1/s1. The number of hydrogen-bond acceptors (Lipinski definition) is 4. The van der Waals surface area contributed by atoms with Crippen molar-refractivity contribution in [3.05, 3.63) is 65.7 Å². The van der Waals surface area contributed by atoms with Gasteiger partial charge in [0.2, 0.25) is 11.8 Å². The highest BCUT2D eigenvalue weighted by atomic mass is 16.5. The molecule has 0 unspecified atom stereocenters. The van der Waals surface area contributed by atoms with Gasteiger partial charge in [0.25, 0.3) is 0 Å². The van der Waals surface area contributed by atoms with Gasteiger partial charge in [0.05, 0.1) is 20.3 Å². The quantitative estimate of drug-likeness (QED) is 0.702. The molecule has 148 valence electrons. The van der Waals surface area contributed by atoms with E-state index >= 15 is 0 Å². The lowest BCUT2D eigenvalue weighted by Crippen LogP contribution is -2.60. The van der Waals surface area contributed by atoms with Gasteiger partial charge in [-0.1, -0.05) is 42.5 Å². The van der Waals surface area contributed by atoms with E-state index < -0.39 is 6.04 Å². The number of methoxy groups -OCH3 is 2. The van der Waals surface area contributed by atoms with E-state index in [4.69, 9.17) is 9.47 Å². The lowest BCUT2D eigenvalue weighted by molar-refractivity contribution is -0.157. The summed E-state index contributed by atoms with van der Waals surface area (Å²) in [4.78, 5) is 29.4. The Morgan fingerprint density at radius 3 is 2.46 bits per heavy atom. The molecule has 6 heteroatoms. The number of ether oxygens (including phenoxy) is 2. The zero-order valence-corrected chi connectivity index (χ0v) is 16.3. The maximum absolute atomic E-state index is 13.2. The molecular weight excluding hydrogens is 356 g/mol. The van der Waals surface area contributed by atoms with E-state index in [1.165, 1.54) is 0 Å². The molecule has 2 aromatic carbocycles. The van der Waals surface area contributed by atoms with Gasteiger partial charge >= 0.3 is 0 Å². The molecule has 1 aliphatic rings. The number of benzene rings is 2. The zero-order chi connectivity index (χ0) is 19.9. The van der Waals surface area contributed by atoms with Gasteiger partial charge in [-0.2, -0.15) is 0 Å². The van der Waals surface area contributed by atoms with Crippen molar-refractivity contribution in [2.45, 2.75) is 19.0 Å². The van der Waals surface area contributed by atoms with Gasteiger partial charge in [0, 0.05) is 26.6 Å². The molecule has 28 heavy (non-hydrogen) atoms. The van der Waals surface area contributed by atoms with Crippen molar-refractivity contribution in [2.24, 2.45) is 0 Å². The predicted octanol–water partition coefficient (Wildman–Crippen LogP) is 2.12. The molecule has 2 aromatic rings. The Morgan fingerprint density at radius 1 is 1.00 bits per heavy atom. The van der Waals surface area contributed by atoms with Crippen molar-refractivity contribution in [3.8, 4) is 5.75 Å². The molecule has 1 heterocycles. The molecule has 1 fully saturated rings.